The van der Waals surface area contributed by atoms with Gasteiger partial charge in [-0.25, -0.2) is 4.98 Å². The van der Waals surface area contributed by atoms with E-state index in [0.29, 0.717) is 22.2 Å². The highest BCUT2D eigenvalue weighted by atomic mass is 16.4. The zero-order chi connectivity index (χ0) is 11.0. The van der Waals surface area contributed by atoms with Gasteiger partial charge in [-0.1, -0.05) is 6.07 Å². The van der Waals surface area contributed by atoms with Crippen LogP contribution in [0.15, 0.2) is 23.0 Å². The molecule has 0 aliphatic carbocycles. The molecule has 2 aromatic rings. The molecule has 0 amide bonds. The predicted octanol–water partition coefficient (Wildman–Crippen LogP) is -1.09. The first-order chi connectivity index (χ1) is 7.08. The summed E-state index contributed by atoms with van der Waals surface area (Å²) in [5.74, 6) is 0.497. The Bertz CT molecular complexity index is 565. The quantitative estimate of drug-likeness (QED) is 0.515. The summed E-state index contributed by atoms with van der Waals surface area (Å²) in [4.78, 5) is 18.1. The third-order valence-corrected chi connectivity index (χ3v) is 2.15. The number of H-pyrrole nitrogens is 1. The van der Waals surface area contributed by atoms with E-state index >= 15 is 0 Å². The molecule has 0 spiro atoms. The molecule has 3 N–H and O–H groups in total. The minimum atomic E-state index is -1.55. The van der Waals surface area contributed by atoms with Gasteiger partial charge in [0.15, 0.2) is 0 Å². The molecule has 0 atom stereocenters. The van der Waals surface area contributed by atoms with Crippen molar-refractivity contribution in [1.29, 1.82) is 0 Å². The van der Waals surface area contributed by atoms with E-state index in [1.54, 1.807) is 6.92 Å². The number of fused-ring (bicyclic) bond motifs is 1. The lowest BCUT2D eigenvalue weighted by molar-refractivity contribution is 0.426. The molecule has 0 aliphatic rings. The van der Waals surface area contributed by atoms with Crippen LogP contribution >= 0.6 is 0 Å². The van der Waals surface area contributed by atoms with Gasteiger partial charge in [0.25, 0.3) is 5.56 Å². The van der Waals surface area contributed by atoms with Crippen molar-refractivity contribution < 1.29 is 10.0 Å². The van der Waals surface area contributed by atoms with Gasteiger partial charge in [-0.3, -0.25) is 4.79 Å². The minimum Gasteiger partial charge on any atom is -0.423 e. The summed E-state index contributed by atoms with van der Waals surface area (Å²) in [6.45, 7) is 1.67. The van der Waals surface area contributed by atoms with Crippen molar-refractivity contribution in [2.45, 2.75) is 6.92 Å². The average Bonchev–Trinajstić information content (AvgIpc) is 2.16. The number of nitrogens with zero attached hydrogens (tertiary/aromatic N) is 1. The standard InChI is InChI=1S/C9H9BN2O3/c1-5-11-8-4-6(10(14)15)2-3-7(8)9(13)12-5/h2-4,14-15H,1H3,(H,11,12,13). The van der Waals surface area contributed by atoms with Gasteiger partial charge in [0.1, 0.15) is 5.82 Å². The maximum Gasteiger partial charge on any atom is 0.488 e. The van der Waals surface area contributed by atoms with E-state index in [4.69, 9.17) is 10.0 Å². The smallest absolute Gasteiger partial charge is 0.423 e. The van der Waals surface area contributed by atoms with Crippen LogP contribution in [-0.2, 0) is 0 Å². The van der Waals surface area contributed by atoms with Crippen molar-refractivity contribution in [2.24, 2.45) is 0 Å². The van der Waals surface area contributed by atoms with E-state index < -0.39 is 7.12 Å². The SMILES string of the molecule is Cc1nc2cc(B(O)O)ccc2c(=O)[nH]1. The number of aromatic amines is 1. The molecule has 6 heteroatoms. The highest BCUT2D eigenvalue weighted by molar-refractivity contribution is 6.58. The highest BCUT2D eigenvalue weighted by Gasteiger charge is 2.12. The normalized spacial score (nSPS) is 10.6. The zero-order valence-corrected chi connectivity index (χ0v) is 8.06. The molecular weight excluding hydrogens is 195 g/mol. The molecule has 1 aromatic heterocycles. The topological polar surface area (TPSA) is 86.2 Å². The van der Waals surface area contributed by atoms with Crippen LogP contribution in [0.2, 0.25) is 0 Å². The molecule has 0 fully saturated rings. The van der Waals surface area contributed by atoms with Crippen molar-refractivity contribution >= 4 is 23.5 Å². The fourth-order valence-corrected chi connectivity index (χ4v) is 1.43. The molecule has 5 nitrogen and oxygen atoms in total. The molecule has 1 heterocycles. The molecule has 15 heavy (non-hydrogen) atoms. The molecule has 0 bridgehead atoms. The summed E-state index contributed by atoms with van der Waals surface area (Å²) in [7, 11) is -1.55. The average molecular weight is 204 g/mol. The Morgan fingerprint density at radius 2 is 2.13 bits per heavy atom. The molecule has 0 aliphatic heterocycles. The van der Waals surface area contributed by atoms with Crippen molar-refractivity contribution in [3.05, 3.63) is 34.4 Å². The number of nitrogens with one attached hydrogen (secondary N) is 1. The van der Waals surface area contributed by atoms with Crippen LogP contribution in [0.25, 0.3) is 10.9 Å². The van der Waals surface area contributed by atoms with Crippen LogP contribution in [0.5, 0.6) is 0 Å². The summed E-state index contributed by atoms with van der Waals surface area (Å²) in [5.41, 5.74) is 0.554. The van der Waals surface area contributed by atoms with Crippen molar-refractivity contribution in [3.8, 4) is 0 Å². The second-order valence-corrected chi connectivity index (χ2v) is 3.30. The summed E-state index contributed by atoms with van der Waals surface area (Å²) in [6.07, 6.45) is 0. The zero-order valence-electron chi connectivity index (χ0n) is 8.06. The van der Waals surface area contributed by atoms with E-state index in [-0.39, 0.29) is 5.56 Å². The lowest BCUT2D eigenvalue weighted by atomic mass is 9.80. The summed E-state index contributed by atoms with van der Waals surface area (Å²) < 4.78 is 0. The largest absolute Gasteiger partial charge is 0.488 e. The van der Waals surface area contributed by atoms with Crippen molar-refractivity contribution in [3.63, 3.8) is 0 Å². The first kappa shape index (κ1) is 9.88. The van der Waals surface area contributed by atoms with Crippen LogP contribution in [0.1, 0.15) is 5.82 Å². The molecule has 1 aromatic carbocycles. The van der Waals surface area contributed by atoms with E-state index in [2.05, 4.69) is 9.97 Å². The van der Waals surface area contributed by atoms with Crippen molar-refractivity contribution in [1.82, 2.24) is 9.97 Å². The Kier molecular flexibility index (Phi) is 2.30. The van der Waals surface area contributed by atoms with E-state index in [1.807, 2.05) is 0 Å². The van der Waals surface area contributed by atoms with Gasteiger partial charge >= 0.3 is 7.12 Å². The maximum atomic E-state index is 11.5. The Balaban J connectivity index is 2.77. The lowest BCUT2D eigenvalue weighted by Crippen LogP contribution is -2.30. The number of aromatic nitrogens is 2. The van der Waals surface area contributed by atoms with Crippen LogP contribution < -0.4 is 11.0 Å². The van der Waals surface area contributed by atoms with E-state index in [0.717, 1.165) is 0 Å². The molecule has 0 saturated heterocycles. The van der Waals surface area contributed by atoms with E-state index in [1.165, 1.54) is 18.2 Å². The van der Waals surface area contributed by atoms with Crippen LogP contribution in [0.4, 0.5) is 0 Å². The summed E-state index contributed by atoms with van der Waals surface area (Å²) in [5, 5.41) is 18.4. The number of aryl methyl sites for hydroxylation is 1. The lowest BCUT2D eigenvalue weighted by Gasteiger charge is -2.02. The molecule has 76 valence electrons. The van der Waals surface area contributed by atoms with Crippen LogP contribution in [0.3, 0.4) is 0 Å². The van der Waals surface area contributed by atoms with E-state index in [9.17, 15) is 4.79 Å². The molecule has 0 saturated carbocycles. The minimum absolute atomic E-state index is 0.225. The van der Waals surface area contributed by atoms with Gasteiger partial charge in [0.2, 0.25) is 0 Å². The Labute approximate surface area is 85.6 Å². The first-order valence-electron chi connectivity index (χ1n) is 4.44. The second kappa shape index (κ2) is 3.49. The maximum absolute atomic E-state index is 11.5. The van der Waals surface area contributed by atoms with Crippen molar-refractivity contribution in [2.75, 3.05) is 0 Å². The van der Waals surface area contributed by atoms with Gasteiger partial charge in [-0.2, -0.15) is 0 Å². The Morgan fingerprint density at radius 3 is 2.80 bits per heavy atom. The molecular formula is C9H9BN2O3. The molecule has 0 radical (unpaired) electrons. The Morgan fingerprint density at radius 1 is 1.40 bits per heavy atom. The van der Waals surface area contributed by atoms with Gasteiger partial charge in [-0.15, -0.1) is 0 Å². The molecule has 2 rings (SSSR count). The van der Waals surface area contributed by atoms with Gasteiger partial charge in [-0.05, 0) is 24.5 Å². The molecule has 0 unspecified atom stereocenters. The van der Waals surface area contributed by atoms with Crippen LogP contribution in [0, 0.1) is 6.92 Å². The number of benzene rings is 1. The number of hydrogen-bond donors (Lipinski definition) is 3. The Hall–Kier alpha value is -1.66. The summed E-state index contributed by atoms with van der Waals surface area (Å²) >= 11 is 0. The number of hydrogen-bond acceptors (Lipinski definition) is 4. The number of rotatable bonds is 1. The first-order valence-corrected chi connectivity index (χ1v) is 4.44. The predicted molar refractivity (Wildman–Crippen MR) is 56.9 cm³/mol. The highest BCUT2D eigenvalue weighted by Crippen LogP contribution is 2.04. The van der Waals surface area contributed by atoms with Gasteiger partial charge < -0.3 is 15.0 Å². The second-order valence-electron chi connectivity index (χ2n) is 3.30. The van der Waals surface area contributed by atoms with Crippen LogP contribution in [-0.4, -0.2) is 27.1 Å². The fourth-order valence-electron chi connectivity index (χ4n) is 1.43. The summed E-state index contributed by atoms with van der Waals surface area (Å²) in [6, 6.07) is 4.50. The monoisotopic (exact) mass is 204 g/mol. The van der Waals surface area contributed by atoms with Gasteiger partial charge in [0.05, 0.1) is 10.9 Å². The third kappa shape index (κ3) is 1.77. The fraction of sp³-hybridized carbons (Fsp3) is 0.111. The third-order valence-electron chi connectivity index (χ3n) is 2.15. The van der Waals surface area contributed by atoms with Gasteiger partial charge in [0, 0.05) is 0 Å².